The van der Waals surface area contributed by atoms with Crippen LogP contribution in [0.15, 0.2) is 28.8 Å². The van der Waals surface area contributed by atoms with Gasteiger partial charge < -0.3 is 14.6 Å². The van der Waals surface area contributed by atoms with Gasteiger partial charge in [-0.2, -0.15) is 4.98 Å². The molecule has 0 radical (unpaired) electrons. The van der Waals surface area contributed by atoms with Crippen LogP contribution in [0, 0.1) is 6.92 Å². The first-order valence-electron chi connectivity index (χ1n) is 6.54. The van der Waals surface area contributed by atoms with Crippen LogP contribution in [0.1, 0.15) is 30.1 Å². The second-order valence-corrected chi connectivity index (χ2v) is 4.82. The Labute approximate surface area is 112 Å². The summed E-state index contributed by atoms with van der Waals surface area (Å²) in [4.78, 5) is 4.09. The first-order valence-corrected chi connectivity index (χ1v) is 6.54. The normalized spacial score (nSPS) is 14.6. The Balaban J connectivity index is 1.50. The molecule has 1 fully saturated rings. The number of aromatic nitrogens is 2. The molecule has 0 atom stereocenters. The van der Waals surface area contributed by atoms with Crippen LogP contribution in [0.4, 0.5) is 0 Å². The molecule has 1 heterocycles. The summed E-state index contributed by atoms with van der Waals surface area (Å²) >= 11 is 0. The fourth-order valence-electron chi connectivity index (χ4n) is 1.80. The molecule has 5 heteroatoms. The number of benzene rings is 1. The molecular formula is C14H17N3O2. The van der Waals surface area contributed by atoms with E-state index in [1.807, 2.05) is 12.1 Å². The van der Waals surface area contributed by atoms with E-state index in [1.54, 1.807) is 6.92 Å². The summed E-state index contributed by atoms with van der Waals surface area (Å²) in [6.07, 6.45) is 2.62. The molecule has 1 N–H and O–H groups in total. The molecule has 1 aliphatic rings. The average molecular weight is 259 g/mol. The Kier molecular flexibility index (Phi) is 3.46. The van der Waals surface area contributed by atoms with Crippen molar-refractivity contribution in [2.45, 2.75) is 39.0 Å². The van der Waals surface area contributed by atoms with Crippen LogP contribution in [0.5, 0.6) is 5.75 Å². The van der Waals surface area contributed by atoms with Gasteiger partial charge in [0.2, 0.25) is 11.7 Å². The van der Waals surface area contributed by atoms with Gasteiger partial charge in [0, 0.05) is 19.5 Å². The molecule has 0 bridgehead atoms. The molecule has 1 saturated carbocycles. The van der Waals surface area contributed by atoms with E-state index in [2.05, 4.69) is 27.6 Å². The highest BCUT2D eigenvalue weighted by Gasteiger charge is 2.19. The molecule has 0 aliphatic heterocycles. The van der Waals surface area contributed by atoms with Crippen LogP contribution in [0.25, 0.3) is 0 Å². The zero-order valence-corrected chi connectivity index (χ0v) is 10.9. The number of nitrogens with zero attached hydrogens (tertiary/aromatic N) is 2. The second-order valence-electron chi connectivity index (χ2n) is 4.82. The van der Waals surface area contributed by atoms with Crippen molar-refractivity contribution >= 4 is 0 Å². The smallest absolute Gasteiger partial charge is 0.223 e. The summed E-state index contributed by atoms with van der Waals surface area (Å²) in [6, 6.07) is 8.82. The third-order valence-corrected chi connectivity index (χ3v) is 3.03. The van der Waals surface area contributed by atoms with Gasteiger partial charge in [-0.15, -0.1) is 0 Å². The Bertz CT molecular complexity index is 532. The minimum Gasteiger partial charge on any atom is -0.485 e. The summed E-state index contributed by atoms with van der Waals surface area (Å²) in [5, 5.41) is 7.26. The molecule has 1 aromatic carbocycles. The summed E-state index contributed by atoms with van der Waals surface area (Å²) in [7, 11) is 0. The number of hydrogen-bond acceptors (Lipinski definition) is 5. The van der Waals surface area contributed by atoms with Crippen molar-refractivity contribution in [2.75, 3.05) is 0 Å². The van der Waals surface area contributed by atoms with Crippen LogP contribution in [-0.2, 0) is 13.2 Å². The molecule has 19 heavy (non-hydrogen) atoms. The number of aryl methyl sites for hydroxylation is 1. The van der Waals surface area contributed by atoms with E-state index < -0.39 is 0 Å². The monoisotopic (exact) mass is 259 g/mol. The van der Waals surface area contributed by atoms with Gasteiger partial charge in [0.25, 0.3) is 0 Å². The standard InChI is InChI=1S/C14H17N3O2/c1-10-16-14(17-19-10)9-18-13-6-2-11(3-7-13)8-15-12-4-5-12/h2-3,6-7,12,15H,4-5,8-9H2,1H3. The van der Waals surface area contributed by atoms with Gasteiger partial charge in [0.05, 0.1) is 0 Å². The van der Waals surface area contributed by atoms with Crippen molar-refractivity contribution in [3.8, 4) is 5.75 Å². The highest BCUT2D eigenvalue weighted by atomic mass is 16.5. The predicted octanol–water partition coefficient (Wildman–Crippen LogP) is 2.21. The highest BCUT2D eigenvalue weighted by molar-refractivity contribution is 5.27. The molecule has 2 aromatic rings. The summed E-state index contributed by atoms with van der Waals surface area (Å²) in [5.41, 5.74) is 1.27. The third-order valence-electron chi connectivity index (χ3n) is 3.03. The zero-order valence-electron chi connectivity index (χ0n) is 10.9. The first-order chi connectivity index (χ1) is 9.29. The molecule has 0 spiro atoms. The molecule has 0 unspecified atom stereocenters. The maximum absolute atomic E-state index is 5.59. The molecule has 3 rings (SSSR count). The van der Waals surface area contributed by atoms with Crippen molar-refractivity contribution in [3.63, 3.8) is 0 Å². The first kappa shape index (κ1) is 12.2. The predicted molar refractivity (Wildman–Crippen MR) is 69.7 cm³/mol. The lowest BCUT2D eigenvalue weighted by Gasteiger charge is -2.06. The maximum Gasteiger partial charge on any atom is 0.223 e. The lowest BCUT2D eigenvalue weighted by molar-refractivity contribution is 0.285. The molecule has 1 aliphatic carbocycles. The molecule has 100 valence electrons. The largest absolute Gasteiger partial charge is 0.485 e. The van der Waals surface area contributed by atoms with Gasteiger partial charge in [-0.25, -0.2) is 0 Å². The van der Waals surface area contributed by atoms with E-state index in [0.29, 0.717) is 18.3 Å². The van der Waals surface area contributed by atoms with Gasteiger partial charge in [-0.05, 0) is 30.5 Å². The fourth-order valence-corrected chi connectivity index (χ4v) is 1.80. The summed E-state index contributed by atoms with van der Waals surface area (Å²) in [6.45, 7) is 3.02. The second kappa shape index (κ2) is 5.40. The van der Waals surface area contributed by atoms with Crippen LogP contribution >= 0.6 is 0 Å². The van der Waals surface area contributed by atoms with E-state index in [4.69, 9.17) is 9.26 Å². The van der Waals surface area contributed by atoms with Crippen molar-refractivity contribution < 1.29 is 9.26 Å². The van der Waals surface area contributed by atoms with Crippen molar-refractivity contribution in [2.24, 2.45) is 0 Å². The molecule has 0 amide bonds. The number of rotatable bonds is 6. The zero-order chi connectivity index (χ0) is 13.1. The number of hydrogen-bond donors (Lipinski definition) is 1. The average Bonchev–Trinajstić information content (AvgIpc) is 3.17. The van der Waals surface area contributed by atoms with E-state index in [9.17, 15) is 0 Å². The third kappa shape index (κ3) is 3.54. The maximum atomic E-state index is 5.59. The van der Waals surface area contributed by atoms with Crippen molar-refractivity contribution in [1.29, 1.82) is 0 Å². The van der Waals surface area contributed by atoms with E-state index in [1.165, 1.54) is 18.4 Å². The van der Waals surface area contributed by atoms with Crippen LogP contribution < -0.4 is 10.1 Å². The highest BCUT2D eigenvalue weighted by Crippen LogP contribution is 2.20. The Morgan fingerprint density at radius 3 is 2.74 bits per heavy atom. The minimum atomic E-state index is 0.330. The summed E-state index contributed by atoms with van der Waals surface area (Å²) in [5.74, 6) is 1.94. The van der Waals surface area contributed by atoms with Crippen LogP contribution in [0.2, 0.25) is 0 Å². The van der Waals surface area contributed by atoms with Crippen molar-refractivity contribution in [1.82, 2.24) is 15.5 Å². The molecular weight excluding hydrogens is 242 g/mol. The fraction of sp³-hybridized carbons (Fsp3) is 0.429. The van der Waals surface area contributed by atoms with Crippen molar-refractivity contribution in [3.05, 3.63) is 41.5 Å². The van der Waals surface area contributed by atoms with E-state index in [-0.39, 0.29) is 0 Å². The SMILES string of the molecule is Cc1nc(COc2ccc(CNC3CC3)cc2)no1. The molecule has 5 nitrogen and oxygen atoms in total. The van der Waals surface area contributed by atoms with Crippen LogP contribution in [0.3, 0.4) is 0 Å². The Hall–Kier alpha value is -1.88. The quantitative estimate of drug-likeness (QED) is 0.861. The summed E-state index contributed by atoms with van der Waals surface area (Å²) < 4.78 is 10.5. The van der Waals surface area contributed by atoms with E-state index >= 15 is 0 Å². The van der Waals surface area contributed by atoms with Crippen LogP contribution in [-0.4, -0.2) is 16.2 Å². The van der Waals surface area contributed by atoms with Gasteiger partial charge >= 0.3 is 0 Å². The lowest BCUT2D eigenvalue weighted by atomic mass is 10.2. The molecule has 1 aromatic heterocycles. The van der Waals surface area contributed by atoms with Gasteiger partial charge in [0.15, 0.2) is 6.61 Å². The number of ether oxygens (including phenoxy) is 1. The number of nitrogens with one attached hydrogen (secondary N) is 1. The van der Waals surface area contributed by atoms with Gasteiger partial charge in [0.1, 0.15) is 5.75 Å². The van der Waals surface area contributed by atoms with E-state index in [0.717, 1.165) is 18.3 Å². The lowest BCUT2D eigenvalue weighted by Crippen LogP contribution is -2.15. The Morgan fingerprint density at radius 1 is 1.32 bits per heavy atom. The minimum absolute atomic E-state index is 0.330. The molecule has 0 saturated heterocycles. The van der Waals surface area contributed by atoms with Gasteiger partial charge in [-0.3, -0.25) is 0 Å². The Morgan fingerprint density at radius 2 is 2.11 bits per heavy atom. The van der Waals surface area contributed by atoms with Gasteiger partial charge in [-0.1, -0.05) is 17.3 Å². The topological polar surface area (TPSA) is 60.2 Å².